The van der Waals surface area contributed by atoms with E-state index in [-0.39, 0.29) is 12.5 Å². The molecule has 0 unspecified atom stereocenters. The molecule has 1 aromatic heterocycles. The van der Waals surface area contributed by atoms with E-state index in [4.69, 9.17) is 10.00 Å². The molecule has 5 heteroatoms. The van der Waals surface area contributed by atoms with Crippen LogP contribution in [0.25, 0.3) is 0 Å². The third kappa shape index (κ3) is 6.86. The summed E-state index contributed by atoms with van der Waals surface area (Å²) in [7, 11) is 0. The number of nitrogens with zero attached hydrogens (tertiary/aromatic N) is 3. The van der Waals surface area contributed by atoms with Crippen molar-refractivity contribution in [2.24, 2.45) is 0 Å². The minimum absolute atomic E-state index is 0.209. The summed E-state index contributed by atoms with van der Waals surface area (Å²) >= 11 is 0. The first-order valence-electron chi connectivity index (χ1n) is 6.90. The minimum Gasteiger partial charge on any atom is -0.465 e. The smallest absolute Gasteiger partial charge is 0.320 e. The zero-order chi connectivity index (χ0) is 14.6. The maximum atomic E-state index is 11.7. The van der Waals surface area contributed by atoms with Crippen molar-refractivity contribution in [3.05, 3.63) is 30.1 Å². The zero-order valence-corrected chi connectivity index (χ0v) is 11.9. The fourth-order valence-corrected chi connectivity index (χ4v) is 1.73. The molecule has 20 heavy (non-hydrogen) atoms. The van der Waals surface area contributed by atoms with Crippen LogP contribution in [0.1, 0.15) is 31.7 Å². The summed E-state index contributed by atoms with van der Waals surface area (Å²) in [4.78, 5) is 17.7. The Morgan fingerprint density at radius 3 is 3.05 bits per heavy atom. The molecule has 108 valence electrons. The summed E-state index contributed by atoms with van der Waals surface area (Å²) in [6.45, 7) is 3.87. The van der Waals surface area contributed by atoms with E-state index < -0.39 is 0 Å². The molecule has 1 rings (SSSR count). The largest absolute Gasteiger partial charge is 0.465 e. The lowest BCUT2D eigenvalue weighted by Gasteiger charge is -2.20. The Labute approximate surface area is 120 Å². The van der Waals surface area contributed by atoms with Gasteiger partial charge in [0.25, 0.3) is 0 Å². The molecule has 0 spiro atoms. The molecular weight excluding hydrogens is 254 g/mol. The fraction of sp³-hybridized carbons (Fsp3) is 0.533. The fourth-order valence-electron chi connectivity index (χ4n) is 1.73. The summed E-state index contributed by atoms with van der Waals surface area (Å²) in [6, 6.07) is 5.91. The second-order valence-electron chi connectivity index (χ2n) is 4.55. The highest BCUT2D eigenvalue weighted by Crippen LogP contribution is 2.04. The first-order valence-corrected chi connectivity index (χ1v) is 6.90. The van der Waals surface area contributed by atoms with Gasteiger partial charge >= 0.3 is 5.97 Å². The zero-order valence-electron chi connectivity index (χ0n) is 11.9. The number of hydrogen-bond acceptors (Lipinski definition) is 5. The van der Waals surface area contributed by atoms with Gasteiger partial charge in [0, 0.05) is 31.9 Å². The van der Waals surface area contributed by atoms with Gasteiger partial charge in [-0.2, -0.15) is 5.26 Å². The third-order valence-corrected chi connectivity index (χ3v) is 2.78. The van der Waals surface area contributed by atoms with E-state index in [1.165, 1.54) is 0 Å². The normalized spacial score (nSPS) is 10.2. The van der Waals surface area contributed by atoms with Crippen molar-refractivity contribution in [3.63, 3.8) is 0 Å². The SMILES string of the molecule is CCCCOC(=O)CN(CCC#N)Cc1cccnc1. The molecule has 0 aliphatic rings. The van der Waals surface area contributed by atoms with E-state index in [9.17, 15) is 4.79 Å². The second kappa shape index (κ2) is 9.93. The highest BCUT2D eigenvalue weighted by atomic mass is 16.5. The standard InChI is InChI=1S/C15H21N3O2/c1-2-3-10-20-15(19)13-18(9-5-7-16)12-14-6-4-8-17-11-14/h4,6,8,11H,2-3,5,9-10,12-13H2,1H3. The predicted molar refractivity (Wildman–Crippen MR) is 75.6 cm³/mol. The Balaban J connectivity index is 2.47. The van der Waals surface area contributed by atoms with E-state index in [1.54, 1.807) is 12.4 Å². The molecular formula is C15H21N3O2. The molecule has 0 aliphatic heterocycles. The van der Waals surface area contributed by atoms with Crippen LogP contribution in [0.4, 0.5) is 0 Å². The molecule has 0 saturated heterocycles. The molecule has 1 aromatic rings. The van der Waals surface area contributed by atoms with E-state index in [0.717, 1.165) is 18.4 Å². The number of nitriles is 1. The van der Waals surface area contributed by atoms with E-state index in [0.29, 0.717) is 26.1 Å². The van der Waals surface area contributed by atoms with Crippen molar-refractivity contribution in [2.75, 3.05) is 19.7 Å². The van der Waals surface area contributed by atoms with E-state index >= 15 is 0 Å². The van der Waals surface area contributed by atoms with E-state index in [1.807, 2.05) is 17.0 Å². The van der Waals surface area contributed by atoms with Crippen LogP contribution in [-0.4, -0.2) is 35.5 Å². The Kier molecular flexibility index (Phi) is 8.01. The number of carbonyl (C=O) groups is 1. The molecule has 0 aromatic carbocycles. The lowest BCUT2D eigenvalue weighted by molar-refractivity contribution is -0.145. The summed E-state index contributed by atoms with van der Waals surface area (Å²) < 4.78 is 5.15. The van der Waals surface area contributed by atoms with Crippen LogP contribution in [0.15, 0.2) is 24.5 Å². The maximum absolute atomic E-state index is 11.7. The van der Waals surface area contributed by atoms with Crippen LogP contribution >= 0.6 is 0 Å². The Morgan fingerprint density at radius 1 is 1.55 bits per heavy atom. The predicted octanol–water partition coefficient (Wildman–Crippen LogP) is 2.14. The maximum Gasteiger partial charge on any atom is 0.320 e. The summed E-state index contributed by atoms with van der Waals surface area (Å²) in [5.41, 5.74) is 1.02. The van der Waals surface area contributed by atoms with Gasteiger partial charge in [0.15, 0.2) is 0 Å². The number of pyridine rings is 1. The number of ether oxygens (including phenoxy) is 1. The van der Waals surface area contributed by atoms with Crippen molar-refractivity contribution >= 4 is 5.97 Å². The van der Waals surface area contributed by atoms with Gasteiger partial charge in [0.05, 0.1) is 19.2 Å². The average molecular weight is 275 g/mol. The van der Waals surface area contributed by atoms with Crippen molar-refractivity contribution in [1.29, 1.82) is 5.26 Å². The third-order valence-electron chi connectivity index (χ3n) is 2.78. The van der Waals surface area contributed by atoms with Crippen molar-refractivity contribution < 1.29 is 9.53 Å². The second-order valence-corrected chi connectivity index (χ2v) is 4.55. The van der Waals surface area contributed by atoms with Gasteiger partial charge in [0.2, 0.25) is 0 Å². The van der Waals surface area contributed by atoms with Gasteiger partial charge in [0.1, 0.15) is 0 Å². The Morgan fingerprint density at radius 2 is 2.40 bits per heavy atom. The lowest BCUT2D eigenvalue weighted by atomic mass is 10.2. The molecule has 0 atom stereocenters. The van der Waals surface area contributed by atoms with Crippen LogP contribution in [0.5, 0.6) is 0 Å². The number of carbonyl (C=O) groups excluding carboxylic acids is 1. The Bertz CT molecular complexity index is 428. The molecule has 0 N–H and O–H groups in total. The lowest BCUT2D eigenvalue weighted by Crippen LogP contribution is -2.31. The molecule has 0 saturated carbocycles. The first-order chi connectivity index (χ1) is 9.76. The topological polar surface area (TPSA) is 66.2 Å². The number of unbranched alkanes of at least 4 members (excludes halogenated alkanes) is 1. The van der Waals surface area contributed by atoms with Crippen LogP contribution in [0.2, 0.25) is 0 Å². The average Bonchev–Trinajstić information content (AvgIpc) is 2.46. The van der Waals surface area contributed by atoms with Crippen LogP contribution in [-0.2, 0) is 16.1 Å². The molecule has 0 amide bonds. The van der Waals surface area contributed by atoms with Crippen LogP contribution < -0.4 is 0 Å². The summed E-state index contributed by atoms with van der Waals surface area (Å²) in [5, 5.41) is 8.68. The minimum atomic E-state index is -0.236. The van der Waals surface area contributed by atoms with Crippen molar-refractivity contribution in [1.82, 2.24) is 9.88 Å². The van der Waals surface area contributed by atoms with Gasteiger partial charge in [-0.1, -0.05) is 19.4 Å². The highest BCUT2D eigenvalue weighted by Gasteiger charge is 2.12. The highest BCUT2D eigenvalue weighted by molar-refractivity contribution is 5.71. The summed E-state index contributed by atoms with van der Waals surface area (Å²) in [6.07, 6.45) is 5.75. The van der Waals surface area contributed by atoms with Gasteiger partial charge in [-0.3, -0.25) is 14.7 Å². The van der Waals surface area contributed by atoms with Crippen LogP contribution in [0.3, 0.4) is 0 Å². The number of rotatable bonds is 9. The van der Waals surface area contributed by atoms with E-state index in [2.05, 4.69) is 18.0 Å². The first kappa shape index (κ1) is 16.1. The molecule has 0 bridgehead atoms. The van der Waals surface area contributed by atoms with Crippen LogP contribution in [0, 0.1) is 11.3 Å². The Hall–Kier alpha value is -1.93. The van der Waals surface area contributed by atoms with Crippen molar-refractivity contribution in [3.8, 4) is 6.07 Å². The van der Waals surface area contributed by atoms with Crippen molar-refractivity contribution in [2.45, 2.75) is 32.7 Å². The molecule has 1 heterocycles. The molecule has 5 nitrogen and oxygen atoms in total. The monoisotopic (exact) mass is 275 g/mol. The number of aromatic nitrogens is 1. The molecule has 0 radical (unpaired) electrons. The number of hydrogen-bond donors (Lipinski definition) is 0. The summed E-state index contributed by atoms with van der Waals surface area (Å²) in [5.74, 6) is -0.236. The van der Waals surface area contributed by atoms with Gasteiger partial charge in [-0.05, 0) is 18.1 Å². The number of esters is 1. The van der Waals surface area contributed by atoms with Gasteiger partial charge in [-0.15, -0.1) is 0 Å². The quantitative estimate of drug-likeness (QED) is 0.510. The molecule has 0 fully saturated rings. The van der Waals surface area contributed by atoms with Gasteiger partial charge < -0.3 is 4.74 Å². The molecule has 0 aliphatic carbocycles. The van der Waals surface area contributed by atoms with Gasteiger partial charge in [-0.25, -0.2) is 0 Å².